The summed E-state index contributed by atoms with van der Waals surface area (Å²) in [5.41, 5.74) is -0.789. The number of hydrogen-bond acceptors (Lipinski definition) is 5. The Morgan fingerprint density at radius 3 is 2.58 bits per heavy atom. The van der Waals surface area contributed by atoms with Crippen molar-refractivity contribution in [1.82, 2.24) is 15.5 Å². The number of methoxy groups -OCH3 is 1. The monoisotopic (exact) mass is 361 g/mol. The molecule has 0 spiro atoms. The predicted octanol–water partition coefficient (Wildman–Crippen LogP) is 1.77. The van der Waals surface area contributed by atoms with Crippen LogP contribution in [0.3, 0.4) is 0 Å². The third-order valence-electron chi connectivity index (χ3n) is 5.31. The zero-order chi connectivity index (χ0) is 18.6. The fourth-order valence-electron chi connectivity index (χ4n) is 3.74. The summed E-state index contributed by atoms with van der Waals surface area (Å²) in [6, 6.07) is 7.12. The number of para-hydroxylation sites is 2. The summed E-state index contributed by atoms with van der Waals surface area (Å²) < 4.78 is 11.0. The molecule has 2 heterocycles. The highest BCUT2D eigenvalue weighted by Gasteiger charge is 2.52. The average Bonchev–Trinajstić information content (AvgIpc) is 2.90. The molecule has 0 unspecified atom stereocenters. The molecule has 7 nitrogen and oxygen atoms in total. The Bertz CT molecular complexity index is 660. The number of amides is 3. The normalized spacial score (nSPS) is 23.8. The van der Waals surface area contributed by atoms with Crippen molar-refractivity contribution in [2.24, 2.45) is 5.92 Å². The zero-order valence-corrected chi connectivity index (χ0v) is 15.4. The Balaban J connectivity index is 1.53. The van der Waals surface area contributed by atoms with Crippen LogP contribution in [-0.4, -0.2) is 55.7 Å². The number of urea groups is 1. The molecule has 3 rings (SSSR count). The number of carbonyl (C=O) groups excluding carboxylic acids is 2. The molecule has 0 aliphatic carbocycles. The van der Waals surface area contributed by atoms with Crippen LogP contribution in [-0.2, 0) is 4.79 Å². The smallest absolute Gasteiger partial charge is 0.325 e. The van der Waals surface area contributed by atoms with Gasteiger partial charge in [-0.15, -0.1) is 0 Å². The fourth-order valence-corrected chi connectivity index (χ4v) is 3.74. The van der Waals surface area contributed by atoms with Gasteiger partial charge in [0.1, 0.15) is 5.54 Å². The van der Waals surface area contributed by atoms with Gasteiger partial charge in [-0.05, 0) is 57.3 Å². The lowest BCUT2D eigenvalue weighted by Gasteiger charge is -2.34. The Morgan fingerprint density at radius 2 is 1.88 bits per heavy atom. The van der Waals surface area contributed by atoms with E-state index in [1.807, 2.05) is 31.2 Å². The lowest BCUT2D eigenvalue weighted by Crippen LogP contribution is -2.53. The van der Waals surface area contributed by atoms with E-state index >= 15 is 0 Å². The predicted molar refractivity (Wildman–Crippen MR) is 97.3 cm³/mol. The van der Waals surface area contributed by atoms with Crippen LogP contribution in [0.1, 0.15) is 26.2 Å². The number of ether oxygens (including phenoxy) is 2. The quantitative estimate of drug-likeness (QED) is 0.572. The Hall–Kier alpha value is -2.28. The minimum Gasteiger partial charge on any atom is -0.493 e. The SMILES string of the molecule is COc1ccccc1OCCCN1C(=O)N[C@](C)(C2CCNCC2)C1=O. The van der Waals surface area contributed by atoms with Crippen LogP contribution < -0.4 is 20.1 Å². The molecule has 0 bridgehead atoms. The van der Waals surface area contributed by atoms with Crippen LogP contribution in [0.2, 0.25) is 0 Å². The third-order valence-corrected chi connectivity index (χ3v) is 5.31. The lowest BCUT2D eigenvalue weighted by molar-refractivity contribution is -0.133. The second-order valence-electron chi connectivity index (χ2n) is 6.97. The van der Waals surface area contributed by atoms with Gasteiger partial charge in [-0.25, -0.2) is 4.79 Å². The van der Waals surface area contributed by atoms with Crippen LogP contribution in [0, 0.1) is 5.92 Å². The number of nitrogens with zero attached hydrogens (tertiary/aromatic N) is 1. The zero-order valence-electron chi connectivity index (χ0n) is 15.4. The highest BCUT2D eigenvalue weighted by atomic mass is 16.5. The van der Waals surface area contributed by atoms with Crippen LogP contribution in [0.15, 0.2) is 24.3 Å². The van der Waals surface area contributed by atoms with E-state index in [4.69, 9.17) is 9.47 Å². The Morgan fingerprint density at radius 1 is 1.19 bits per heavy atom. The van der Waals surface area contributed by atoms with Gasteiger partial charge in [0, 0.05) is 6.54 Å². The maximum Gasteiger partial charge on any atom is 0.325 e. The standard InChI is InChI=1S/C19H27N3O4/c1-19(14-8-10-20-11-9-14)17(23)22(18(24)21-19)12-5-13-26-16-7-4-3-6-15(16)25-2/h3-4,6-7,14,20H,5,8-13H2,1-2H3,(H,21,24)/t19-/m1/s1. The summed E-state index contributed by atoms with van der Waals surface area (Å²) in [6.45, 7) is 4.38. The van der Waals surface area contributed by atoms with Gasteiger partial charge in [0.15, 0.2) is 11.5 Å². The molecule has 1 atom stereocenters. The summed E-state index contributed by atoms with van der Waals surface area (Å²) in [5, 5.41) is 6.22. The second-order valence-corrected chi connectivity index (χ2v) is 6.97. The number of benzene rings is 1. The molecular formula is C19H27N3O4. The number of piperidine rings is 1. The molecule has 26 heavy (non-hydrogen) atoms. The van der Waals surface area contributed by atoms with Crippen LogP contribution >= 0.6 is 0 Å². The molecule has 2 aliphatic rings. The molecule has 0 saturated carbocycles. The van der Waals surface area contributed by atoms with E-state index in [-0.39, 0.29) is 17.9 Å². The summed E-state index contributed by atoms with van der Waals surface area (Å²) >= 11 is 0. The van der Waals surface area contributed by atoms with Crippen molar-refractivity contribution in [2.45, 2.75) is 31.7 Å². The van der Waals surface area contributed by atoms with Gasteiger partial charge < -0.3 is 20.1 Å². The topological polar surface area (TPSA) is 79.9 Å². The third kappa shape index (κ3) is 3.62. The van der Waals surface area contributed by atoms with E-state index in [1.54, 1.807) is 7.11 Å². The van der Waals surface area contributed by atoms with Crippen LogP contribution in [0.5, 0.6) is 11.5 Å². The molecular weight excluding hydrogens is 334 g/mol. The van der Waals surface area contributed by atoms with Crippen molar-refractivity contribution in [3.63, 3.8) is 0 Å². The highest BCUT2D eigenvalue weighted by molar-refractivity contribution is 6.07. The Kier molecular flexibility index (Phi) is 5.66. The summed E-state index contributed by atoms with van der Waals surface area (Å²) in [6.07, 6.45) is 2.36. The molecule has 2 saturated heterocycles. The maximum absolute atomic E-state index is 12.9. The molecule has 3 amide bonds. The average molecular weight is 361 g/mol. The van der Waals surface area contributed by atoms with E-state index < -0.39 is 5.54 Å². The van der Waals surface area contributed by atoms with Gasteiger partial charge in [-0.3, -0.25) is 9.69 Å². The van der Waals surface area contributed by atoms with Gasteiger partial charge >= 0.3 is 6.03 Å². The van der Waals surface area contributed by atoms with Crippen molar-refractivity contribution in [3.8, 4) is 11.5 Å². The number of imide groups is 1. The van der Waals surface area contributed by atoms with Gasteiger partial charge in [0.2, 0.25) is 0 Å². The molecule has 2 fully saturated rings. The van der Waals surface area contributed by atoms with E-state index in [2.05, 4.69) is 10.6 Å². The molecule has 2 aliphatic heterocycles. The van der Waals surface area contributed by atoms with Crippen molar-refractivity contribution < 1.29 is 19.1 Å². The lowest BCUT2D eigenvalue weighted by atomic mass is 9.79. The van der Waals surface area contributed by atoms with Gasteiger partial charge in [0.05, 0.1) is 13.7 Å². The summed E-state index contributed by atoms with van der Waals surface area (Å²) in [5.74, 6) is 1.38. The van der Waals surface area contributed by atoms with Gasteiger partial charge in [-0.1, -0.05) is 12.1 Å². The minimum absolute atomic E-state index is 0.119. The Labute approximate surface area is 154 Å². The number of hydrogen-bond donors (Lipinski definition) is 2. The molecule has 2 N–H and O–H groups in total. The van der Waals surface area contributed by atoms with E-state index in [0.717, 1.165) is 25.9 Å². The number of rotatable bonds is 7. The number of nitrogens with one attached hydrogen (secondary N) is 2. The first kappa shape index (κ1) is 18.5. The van der Waals surface area contributed by atoms with Crippen molar-refractivity contribution in [3.05, 3.63) is 24.3 Å². The van der Waals surface area contributed by atoms with E-state index in [9.17, 15) is 9.59 Å². The summed E-state index contributed by atoms with van der Waals surface area (Å²) in [4.78, 5) is 26.5. The minimum atomic E-state index is -0.789. The first-order chi connectivity index (χ1) is 12.6. The van der Waals surface area contributed by atoms with Gasteiger partial charge in [0.25, 0.3) is 5.91 Å². The van der Waals surface area contributed by atoms with Crippen molar-refractivity contribution >= 4 is 11.9 Å². The second kappa shape index (κ2) is 7.95. The summed E-state index contributed by atoms with van der Waals surface area (Å²) in [7, 11) is 1.59. The molecule has 7 heteroatoms. The fraction of sp³-hybridized carbons (Fsp3) is 0.579. The molecule has 142 valence electrons. The first-order valence-electron chi connectivity index (χ1n) is 9.17. The van der Waals surface area contributed by atoms with Crippen molar-refractivity contribution in [1.29, 1.82) is 0 Å². The van der Waals surface area contributed by atoms with Crippen LogP contribution in [0.4, 0.5) is 4.79 Å². The van der Waals surface area contributed by atoms with Crippen LogP contribution in [0.25, 0.3) is 0 Å². The maximum atomic E-state index is 12.9. The molecule has 0 aromatic heterocycles. The molecule has 0 radical (unpaired) electrons. The largest absolute Gasteiger partial charge is 0.493 e. The molecule has 1 aromatic rings. The first-order valence-corrected chi connectivity index (χ1v) is 9.17. The van der Waals surface area contributed by atoms with Gasteiger partial charge in [-0.2, -0.15) is 0 Å². The van der Waals surface area contributed by atoms with Crippen molar-refractivity contribution in [2.75, 3.05) is 33.4 Å². The number of carbonyl (C=O) groups is 2. The van der Waals surface area contributed by atoms with E-state index in [0.29, 0.717) is 31.1 Å². The van der Waals surface area contributed by atoms with E-state index in [1.165, 1.54) is 4.90 Å². The molecule has 1 aromatic carbocycles. The highest BCUT2D eigenvalue weighted by Crippen LogP contribution is 2.32.